The van der Waals surface area contributed by atoms with E-state index in [0.29, 0.717) is 18.4 Å². The van der Waals surface area contributed by atoms with Gasteiger partial charge >= 0.3 is 0 Å². The van der Waals surface area contributed by atoms with Crippen LogP contribution in [0.5, 0.6) is 0 Å². The van der Waals surface area contributed by atoms with Crippen LogP contribution in [0.25, 0.3) is 0 Å². The number of nitrogen functional groups attached to an aromatic ring is 1. The van der Waals surface area contributed by atoms with Crippen LogP contribution in [0.15, 0.2) is 30.3 Å². The predicted octanol–water partition coefficient (Wildman–Crippen LogP) is 1.29. The Kier molecular flexibility index (Phi) is 4.57. The summed E-state index contributed by atoms with van der Waals surface area (Å²) in [6.07, 6.45) is 0.966. The molecule has 1 aliphatic heterocycles. The highest BCUT2D eigenvalue weighted by molar-refractivity contribution is 5.76. The zero-order chi connectivity index (χ0) is 17.3. The molecule has 0 radical (unpaired) electrons. The molecule has 6 heteroatoms. The molecule has 0 saturated heterocycles. The van der Waals surface area contributed by atoms with Crippen molar-refractivity contribution < 1.29 is 4.79 Å². The largest absolute Gasteiger partial charge is 0.384 e. The van der Waals surface area contributed by atoms with Crippen molar-refractivity contribution in [3.63, 3.8) is 0 Å². The Labute approximate surface area is 142 Å². The second-order valence-electron chi connectivity index (χ2n) is 6.68. The first-order valence-corrected chi connectivity index (χ1v) is 8.25. The van der Waals surface area contributed by atoms with Crippen molar-refractivity contribution in [2.45, 2.75) is 32.5 Å². The lowest BCUT2D eigenvalue weighted by Crippen LogP contribution is -2.46. The molecule has 3 rings (SSSR count). The zero-order valence-corrected chi connectivity index (χ0v) is 14.6. The smallest absolute Gasteiger partial charge is 0.244 e. The normalized spacial score (nSPS) is 17.5. The number of carbonyl (C=O) groups excluding carboxylic acids is 1. The van der Waals surface area contributed by atoms with E-state index in [4.69, 9.17) is 5.73 Å². The van der Waals surface area contributed by atoms with Crippen LogP contribution < -0.4 is 5.73 Å². The Morgan fingerprint density at radius 2 is 2.08 bits per heavy atom. The van der Waals surface area contributed by atoms with E-state index in [-0.39, 0.29) is 12.5 Å². The maximum atomic E-state index is 12.5. The van der Waals surface area contributed by atoms with Gasteiger partial charge in [0.25, 0.3) is 0 Å². The van der Waals surface area contributed by atoms with E-state index in [2.05, 4.69) is 41.3 Å². The molecule has 6 nitrogen and oxygen atoms in total. The predicted molar refractivity (Wildman–Crippen MR) is 94.4 cm³/mol. The van der Waals surface area contributed by atoms with Crippen LogP contribution in [0.3, 0.4) is 0 Å². The van der Waals surface area contributed by atoms with Crippen LogP contribution in [0.1, 0.15) is 16.8 Å². The minimum atomic E-state index is 0.0251. The number of benzene rings is 1. The van der Waals surface area contributed by atoms with E-state index in [1.807, 2.05) is 14.0 Å². The fourth-order valence-electron chi connectivity index (χ4n) is 3.28. The van der Waals surface area contributed by atoms with Crippen LogP contribution in [0.4, 0.5) is 5.82 Å². The molecule has 2 N–H and O–H groups in total. The van der Waals surface area contributed by atoms with Crippen LogP contribution in [-0.2, 0) is 24.3 Å². The Hall–Kier alpha value is -2.34. The van der Waals surface area contributed by atoms with Crippen LogP contribution in [-0.4, -0.2) is 52.2 Å². The van der Waals surface area contributed by atoms with E-state index >= 15 is 0 Å². The molecular weight excluding hydrogens is 302 g/mol. The highest BCUT2D eigenvalue weighted by Crippen LogP contribution is 2.22. The third-order valence-corrected chi connectivity index (χ3v) is 4.75. The number of aryl methyl sites for hydroxylation is 1. The van der Waals surface area contributed by atoms with E-state index < -0.39 is 0 Å². The summed E-state index contributed by atoms with van der Waals surface area (Å²) >= 11 is 0. The number of likely N-dealkylation sites (N-methyl/N-ethyl adjacent to an activating group) is 2. The van der Waals surface area contributed by atoms with E-state index in [1.165, 1.54) is 11.1 Å². The molecule has 0 bridgehead atoms. The Morgan fingerprint density at radius 3 is 2.75 bits per heavy atom. The second-order valence-corrected chi connectivity index (χ2v) is 6.68. The van der Waals surface area contributed by atoms with Gasteiger partial charge in [-0.05, 0) is 31.5 Å². The number of rotatable bonds is 4. The average Bonchev–Trinajstić information content (AvgIpc) is 2.85. The van der Waals surface area contributed by atoms with Gasteiger partial charge in [-0.3, -0.25) is 9.69 Å². The summed E-state index contributed by atoms with van der Waals surface area (Å²) in [5, 5.41) is 4.26. The number of hydrogen-bond acceptors (Lipinski definition) is 4. The third kappa shape index (κ3) is 3.43. The van der Waals surface area contributed by atoms with Gasteiger partial charge in [0, 0.05) is 32.2 Å². The summed E-state index contributed by atoms with van der Waals surface area (Å²) in [5.74, 6) is 0.551. The topological polar surface area (TPSA) is 67.4 Å². The molecule has 1 amide bonds. The summed E-state index contributed by atoms with van der Waals surface area (Å²) < 4.78 is 1.56. The molecule has 0 fully saturated rings. The molecule has 24 heavy (non-hydrogen) atoms. The SMILES string of the molecule is Cc1cc(N)n(CC(=O)N(C)CC2Cc3ccccc3CN2C)n1. The molecule has 1 unspecified atom stereocenters. The Bertz CT molecular complexity index is 739. The molecule has 2 aromatic rings. The molecule has 2 heterocycles. The Balaban J connectivity index is 1.63. The van der Waals surface area contributed by atoms with Crippen molar-refractivity contribution in [2.75, 3.05) is 26.4 Å². The zero-order valence-electron chi connectivity index (χ0n) is 14.6. The van der Waals surface area contributed by atoms with E-state index in [0.717, 1.165) is 18.7 Å². The number of aromatic nitrogens is 2. The van der Waals surface area contributed by atoms with Crippen molar-refractivity contribution in [3.05, 3.63) is 47.2 Å². The number of hydrogen-bond donors (Lipinski definition) is 1. The van der Waals surface area contributed by atoms with Gasteiger partial charge in [-0.25, -0.2) is 4.68 Å². The van der Waals surface area contributed by atoms with Gasteiger partial charge in [0.2, 0.25) is 5.91 Å². The molecule has 0 spiro atoms. The fraction of sp³-hybridized carbons (Fsp3) is 0.444. The van der Waals surface area contributed by atoms with Gasteiger partial charge in [0.15, 0.2) is 0 Å². The lowest BCUT2D eigenvalue weighted by atomic mass is 9.94. The van der Waals surface area contributed by atoms with Crippen molar-refractivity contribution in [1.82, 2.24) is 19.6 Å². The molecule has 0 aliphatic carbocycles. The first kappa shape index (κ1) is 16.5. The molecule has 1 atom stereocenters. The third-order valence-electron chi connectivity index (χ3n) is 4.75. The number of fused-ring (bicyclic) bond motifs is 1. The summed E-state index contributed by atoms with van der Waals surface area (Å²) in [4.78, 5) is 16.6. The van der Waals surface area contributed by atoms with Crippen LogP contribution >= 0.6 is 0 Å². The minimum Gasteiger partial charge on any atom is -0.384 e. The second kappa shape index (κ2) is 6.65. The van der Waals surface area contributed by atoms with Crippen molar-refractivity contribution >= 4 is 11.7 Å². The van der Waals surface area contributed by atoms with Gasteiger partial charge in [-0.15, -0.1) is 0 Å². The summed E-state index contributed by atoms with van der Waals surface area (Å²) in [5.41, 5.74) is 9.46. The number of amides is 1. The lowest BCUT2D eigenvalue weighted by molar-refractivity contribution is -0.131. The number of nitrogens with two attached hydrogens (primary N) is 1. The molecule has 128 valence electrons. The van der Waals surface area contributed by atoms with Crippen LogP contribution in [0, 0.1) is 6.92 Å². The van der Waals surface area contributed by atoms with Crippen molar-refractivity contribution in [3.8, 4) is 0 Å². The van der Waals surface area contributed by atoms with E-state index in [1.54, 1.807) is 15.6 Å². The lowest BCUT2D eigenvalue weighted by Gasteiger charge is -2.36. The van der Waals surface area contributed by atoms with Gasteiger partial charge in [0.05, 0.1) is 5.69 Å². The Morgan fingerprint density at radius 1 is 1.38 bits per heavy atom. The number of nitrogens with zero attached hydrogens (tertiary/aromatic N) is 4. The van der Waals surface area contributed by atoms with E-state index in [9.17, 15) is 4.79 Å². The molecule has 1 aliphatic rings. The average molecular weight is 327 g/mol. The fourth-order valence-corrected chi connectivity index (χ4v) is 3.28. The van der Waals surface area contributed by atoms with Crippen LogP contribution in [0.2, 0.25) is 0 Å². The molecule has 1 aromatic heterocycles. The van der Waals surface area contributed by atoms with Gasteiger partial charge in [-0.2, -0.15) is 5.10 Å². The van der Waals surface area contributed by atoms with Gasteiger partial charge in [0.1, 0.15) is 12.4 Å². The van der Waals surface area contributed by atoms with Crippen molar-refractivity contribution in [2.24, 2.45) is 0 Å². The van der Waals surface area contributed by atoms with Gasteiger partial charge < -0.3 is 10.6 Å². The monoisotopic (exact) mass is 327 g/mol. The highest BCUT2D eigenvalue weighted by Gasteiger charge is 2.25. The maximum Gasteiger partial charge on any atom is 0.244 e. The summed E-state index contributed by atoms with van der Waals surface area (Å²) in [7, 11) is 3.97. The first-order chi connectivity index (χ1) is 11.4. The minimum absolute atomic E-state index is 0.0251. The maximum absolute atomic E-state index is 12.5. The number of carbonyl (C=O) groups is 1. The standard InChI is InChI=1S/C18H25N5O/c1-13-8-17(19)23(20-13)12-18(24)22(3)11-16-9-14-6-4-5-7-15(14)10-21(16)2/h4-8,16H,9-12,19H2,1-3H3. The first-order valence-electron chi connectivity index (χ1n) is 8.25. The highest BCUT2D eigenvalue weighted by atomic mass is 16.2. The quantitative estimate of drug-likeness (QED) is 0.919. The van der Waals surface area contributed by atoms with Gasteiger partial charge in [-0.1, -0.05) is 24.3 Å². The summed E-state index contributed by atoms with van der Waals surface area (Å²) in [6.45, 7) is 3.68. The van der Waals surface area contributed by atoms with Crippen molar-refractivity contribution in [1.29, 1.82) is 0 Å². The molecule has 1 aromatic carbocycles. The molecular formula is C18H25N5O. The molecule has 0 saturated carbocycles. The number of anilines is 1. The summed E-state index contributed by atoms with van der Waals surface area (Å²) in [6, 6.07) is 10.6.